The van der Waals surface area contributed by atoms with Gasteiger partial charge in [-0.25, -0.2) is 0 Å². The standard InChI is InChI=1S/C14H22N2O/c1-11(2)13(14(17)16(3)4)15-10-12-8-6-5-7-9-12/h5-9,11,13,15H,10H2,1-4H3. The highest BCUT2D eigenvalue weighted by atomic mass is 16.2. The van der Waals surface area contributed by atoms with Crippen molar-refractivity contribution in [1.82, 2.24) is 10.2 Å². The minimum atomic E-state index is -0.120. The molecule has 1 aromatic rings. The number of benzene rings is 1. The summed E-state index contributed by atoms with van der Waals surface area (Å²) in [6, 6.07) is 10.0. The molecule has 1 aromatic carbocycles. The van der Waals surface area contributed by atoms with Crippen LogP contribution in [0.1, 0.15) is 19.4 Å². The molecule has 1 N–H and O–H groups in total. The molecule has 0 radical (unpaired) electrons. The maximum atomic E-state index is 12.0. The Morgan fingerprint density at radius 3 is 2.29 bits per heavy atom. The first-order chi connectivity index (χ1) is 8.02. The Morgan fingerprint density at radius 1 is 1.24 bits per heavy atom. The van der Waals surface area contributed by atoms with Crippen LogP contribution in [-0.2, 0) is 11.3 Å². The number of carbonyl (C=O) groups is 1. The monoisotopic (exact) mass is 234 g/mol. The van der Waals surface area contributed by atoms with Gasteiger partial charge in [0.05, 0.1) is 6.04 Å². The highest BCUT2D eigenvalue weighted by Gasteiger charge is 2.22. The SMILES string of the molecule is CC(C)C(NCc1ccccc1)C(=O)N(C)C. The van der Waals surface area contributed by atoms with Crippen LogP contribution in [0.2, 0.25) is 0 Å². The summed E-state index contributed by atoms with van der Waals surface area (Å²) in [6.45, 7) is 4.84. The van der Waals surface area contributed by atoms with E-state index in [0.717, 1.165) is 6.54 Å². The summed E-state index contributed by atoms with van der Waals surface area (Å²) in [4.78, 5) is 13.6. The van der Waals surface area contributed by atoms with E-state index in [0.29, 0.717) is 0 Å². The molecule has 0 aliphatic rings. The van der Waals surface area contributed by atoms with Crippen LogP contribution in [-0.4, -0.2) is 30.9 Å². The van der Waals surface area contributed by atoms with Gasteiger partial charge in [0.25, 0.3) is 0 Å². The lowest BCUT2D eigenvalue weighted by atomic mass is 10.0. The highest BCUT2D eigenvalue weighted by molar-refractivity contribution is 5.81. The second-order valence-corrected chi connectivity index (χ2v) is 4.82. The molecule has 0 saturated carbocycles. The predicted octanol–water partition coefficient (Wildman–Crippen LogP) is 1.89. The Hall–Kier alpha value is -1.35. The summed E-state index contributed by atoms with van der Waals surface area (Å²) in [5.74, 6) is 0.421. The van der Waals surface area contributed by atoms with E-state index in [2.05, 4.69) is 31.3 Å². The lowest BCUT2D eigenvalue weighted by molar-refractivity contribution is -0.132. The van der Waals surface area contributed by atoms with Crippen LogP contribution in [0, 0.1) is 5.92 Å². The van der Waals surface area contributed by atoms with Gasteiger partial charge in [0.2, 0.25) is 5.91 Å². The molecule has 1 atom stereocenters. The molecule has 94 valence electrons. The van der Waals surface area contributed by atoms with Crippen molar-refractivity contribution in [3.63, 3.8) is 0 Å². The maximum Gasteiger partial charge on any atom is 0.239 e. The van der Waals surface area contributed by atoms with Crippen molar-refractivity contribution in [2.24, 2.45) is 5.92 Å². The smallest absolute Gasteiger partial charge is 0.239 e. The average molecular weight is 234 g/mol. The van der Waals surface area contributed by atoms with Gasteiger partial charge in [-0.2, -0.15) is 0 Å². The Kier molecular flexibility index (Phi) is 5.16. The van der Waals surface area contributed by atoms with Gasteiger partial charge in [-0.1, -0.05) is 44.2 Å². The van der Waals surface area contributed by atoms with E-state index in [1.54, 1.807) is 19.0 Å². The van der Waals surface area contributed by atoms with Crippen LogP contribution in [0.15, 0.2) is 30.3 Å². The number of nitrogens with zero attached hydrogens (tertiary/aromatic N) is 1. The van der Waals surface area contributed by atoms with E-state index in [4.69, 9.17) is 0 Å². The summed E-state index contributed by atoms with van der Waals surface area (Å²) in [5.41, 5.74) is 1.20. The molecule has 1 rings (SSSR count). The molecular weight excluding hydrogens is 212 g/mol. The van der Waals surface area contributed by atoms with Crippen LogP contribution in [0.5, 0.6) is 0 Å². The summed E-state index contributed by atoms with van der Waals surface area (Å²) in [7, 11) is 3.59. The largest absolute Gasteiger partial charge is 0.347 e. The maximum absolute atomic E-state index is 12.0. The number of rotatable bonds is 5. The van der Waals surface area contributed by atoms with Crippen LogP contribution in [0.25, 0.3) is 0 Å². The van der Waals surface area contributed by atoms with E-state index in [1.165, 1.54) is 5.56 Å². The van der Waals surface area contributed by atoms with Gasteiger partial charge in [-0.15, -0.1) is 0 Å². The number of amides is 1. The average Bonchev–Trinajstić information content (AvgIpc) is 2.29. The lowest BCUT2D eigenvalue weighted by Gasteiger charge is -2.24. The molecule has 0 saturated heterocycles. The zero-order chi connectivity index (χ0) is 12.8. The molecule has 0 spiro atoms. The third-order valence-electron chi connectivity index (χ3n) is 2.74. The molecule has 3 heteroatoms. The van der Waals surface area contributed by atoms with Crippen LogP contribution in [0.3, 0.4) is 0 Å². The molecule has 0 aliphatic carbocycles. The number of likely N-dealkylation sites (N-methyl/N-ethyl adjacent to an activating group) is 1. The first kappa shape index (κ1) is 13.7. The highest BCUT2D eigenvalue weighted by Crippen LogP contribution is 2.06. The first-order valence-electron chi connectivity index (χ1n) is 6.01. The van der Waals surface area contributed by atoms with E-state index in [9.17, 15) is 4.79 Å². The molecule has 1 unspecified atom stereocenters. The molecule has 0 heterocycles. The Labute approximate surface area is 104 Å². The fraction of sp³-hybridized carbons (Fsp3) is 0.500. The van der Waals surface area contributed by atoms with Gasteiger partial charge in [0.1, 0.15) is 0 Å². The van der Waals surface area contributed by atoms with Crippen molar-refractivity contribution < 1.29 is 4.79 Å². The third-order valence-corrected chi connectivity index (χ3v) is 2.74. The summed E-state index contributed by atoms with van der Waals surface area (Å²) >= 11 is 0. The molecule has 3 nitrogen and oxygen atoms in total. The zero-order valence-corrected chi connectivity index (χ0v) is 11.1. The van der Waals surface area contributed by atoms with Gasteiger partial charge >= 0.3 is 0 Å². The van der Waals surface area contributed by atoms with E-state index < -0.39 is 0 Å². The normalized spacial score (nSPS) is 12.5. The third kappa shape index (κ3) is 4.19. The van der Waals surface area contributed by atoms with Crippen molar-refractivity contribution in [2.75, 3.05) is 14.1 Å². The molecule has 17 heavy (non-hydrogen) atoms. The van der Waals surface area contributed by atoms with Crippen molar-refractivity contribution >= 4 is 5.91 Å². The number of hydrogen-bond donors (Lipinski definition) is 1. The van der Waals surface area contributed by atoms with Crippen LogP contribution < -0.4 is 5.32 Å². The zero-order valence-electron chi connectivity index (χ0n) is 11.1. The van der Waals surface area contributed by atoms with Gasteiger partial charge in [0.15, 0.2) is 0 Å². The van der Waals surface area contributed by atoms with Crippen molar-refractivity contribution in [3.05, 3.63) is 35.9 Å². The van der Waals surface area contributed by atoms with Gasteiger partial charge < -0.3 is 10.2 Å². The van der Waals surface area contributed by atoms with Gasteiger partial charge in [-0.05, 0) is 11.5 Å². The fourth-order valence-electron chi connectivity index (χ4n) is 1.71. The summed E-state index contributed by atoms with van der Waals surface area (Å²) in [6.07, 6.45) is 0. The van der Waals surface area contributed by atoms with Crippen molar-refractivity contribution in [1.29, 1.82) is 0 Å². The Bertz CT molecular complexity index is 346. The Morgan fingerprint density at radius 2 is 1.82 bits per heavy atom. The fourth-order valence-corrected chi connectivity index (χ4v) is 1.71. The lowest BCUT2D eigenvalue weighted by Crippen LogP contribution is -2.46. The van der Waals surface area contributed by atoms with Crippen molar-refractivity contribution in [2.45, 2.75) is 26.4 Å². The van der Waals surface area contributed by atoms with E-state index >= 15 is 0 Å². The molecule has 0 aromatic heterocycles. The van der Waals surface area contributed by atoms with E-state index in [1.807, 2.05) is 18.2 Å². The second-order valence-electron chi connectivity index (χ2n) is 4.82. The minimum Gasteiger partial charge on any atom is -0.347 e. The molecular formula is C14H22N2O. The van der Waals surface area contributed by atoms with Crippen molar-refractivity contribution in [3.8, 4) is 0 Å². The number of carbonyl (C=O) groups excluding carboxylic acids is 1. The summed E-state index contributed by atoms with van der Waals surface area (Å²) < 4.78 is 0. The van der Waals surface area contributed by atoms with E-state index in [-0.39, 0.29) is 17.9 Å². The molecule has 1 amide bonds. The van der Waals surface area contributed by atoms with Crippen LogP contribution in [0.4, 0.5) is 0 Å². The Balaban J connectivity index is 2.60. The minimum absolute atomic E-state index is 0.120. The first-order valence-corrected chi connectivity index (χ1v) is 6.01. The van der Waals surface area contributed by atoms with Gasteiger partial charge in [0, 0.05) is 20.6 Å². The summed E-state index contributed by atoms with van der Waals surface area (Å²) in [5, 5.41) is 3.33. The molecule has 0 aliphatic heterocycles. The topological polar surface area (TPSA) is 32.3 Å². The second kappa shape index (κ2) is 6.40. The molecule has 0 fully saturated rings. The van der Waals surface area contributed by atoms with Gasteiger partial charge in [-0.3, -0.25) is 4.79 Å². The molecule has 0 bridgehead atoms. The van der Waals surface area contributed by atoms with Crippen LogP contribution >= 0.6 is 0 Å². The number of nitrogens with one attached hydrogen (secondary N) is 1. The quantitative estimate of drug-likeness (QED) is 0.844. The predicted molar refractivity (Wildman–Crippen MR) is 70.6 cm³/mol. The number of hydrogen-bond acceptors (Lipinski definition) is 2.